The average Bonchev–Trinajstić information content (AvgIpc) is 0.787. The van der Waals surface area contributed by atoms with Gasteiger partial charge in [-0.15, -0.1) is 33.1 Å². The molecule has 18 nitrogen and oxygen atoms in total. The number of halogens is 7. The summed E-state index contributed by atoms with van der Waals surface area (Å²) in [5.74, 6) is 9.08. The molecule has 11 fully saturated rings. The molecule has 0 spiro atoms. The Morgan fingerprint density at radius 2 is 0.866 bits per heavy atom. The van der Waals surface area contributed by atoms with Gasteiger partial charge < -0.3 is 14.9 Å². The maximum atomic E-state index is 12.8. The van der Waals surface area contributed by atoms with Crippen molar-refractivity contribution in [3.8, 4) is 0 Å². The molecule has 12 aliphatic carbocycles. The summed E-state index contributed by atoms with van der Waals surface area (Å²) >= 11 is 13.9. The number of phosphoric acid groups is 1. The van der Waals surface area contributed by atoms with Crippen molar-refractivity contribution in [1.82, 2.24) is 9.80 Å². The number of rotatable bonds is 9. The summed E-state index contributed by atoms with van der Waals surface area (Å²) in [7, 11) is 6.07. The van der Waals surface area contributed by atoms with Gasteiger partial charge in [0.15, 0.2) is 0 Å². The third kappa shape index (κ3) is 27.6. The van der Waals surface area contributed by atoms with Crippen molar-refractivity contribution in [2.45, 2.75) is 254 Å². The molecule has 1 aromatic carbocycles. The van der Waals surface area contributed by atoms with E-state index in [1.807, 2.05) is 83.6 Å². The topological polar surface area (TPSA) is 218 Å². The van der Waals surface area contributed by atoms with Crippen LogP contribution in [0.3, 0.4) is 0 Å². The van der Waals surface area contributed by atoms with Crippen LogP contribution in [0.1, 0.15) is 236 Å². The van der Waals surface area contributed by atoms with Gasteiger partial charge in [0.25, 0.3) is 0 Å². The number of carbonyl (C=O) groups excluding carboxylic acids is 3. The fraction of sp³-hybridized carbons (Fsp3) is 0.798. The number of carbonyl (C=O) groups is 3. The number of Topliss-reactive ketones (excluding diaryl/α,β-unsaturated/α-hetero) is 3. The van der Waals surface area contributed by atoms with E-state index < -0.39 is 23.0 Å². The van der Waals surface area contributed by atoms with Crippen LogP contribution in [0.5, 0.6) is 0 Å². The van der Waals surface area contributed by atoms with Gasteiger partial charge in [0.1, 0.15) is 44.6 Å². The first kappa shape index (κ1) is 104. The van der Waals surface area contributed by atoms with Crippen LogP contribution in [0.25, 0.3) is 0 Å². The van der Waals surface area contributed by atoms with Crippen molar-refractivity contribution in [3.05, 3.63) is 77.9 Å². The molecule has 1 aromatic rings. The van der Waals surface area contributed by atoms with Crippen LogP contribution >= 0.6 is 121 Å². The minimum absolute atomic E-state index is 0. The van der Waals surface area contributed by atoms with Crippen LogP contribution in [0, 0.1) is 102 Å². The molecule has 10 unspecified atom stereocenters. The fourth-order valence-corrected chi connectivity index (χ4v) is 25.6. The number of phosphoric ester groups is 1. The molecular weight excluding hydrogens is 2180 g/mol. The van der Waals surface area contributed by atoms with Crippen LogP contribution in [0.4, 0.5) is 0 Å². The molecule has 2 aliphatic heterocycles. The van der Waals surface area contributed by atoms with E-state index in [9.17, 15) is 33.2 Å². The number of hydroxylamine groups is 3. The maximum absolute atomic E-state index is 12.8. The second-order valence-corrected chi connectivity index (χ2v) is 57.1. The zero-order valence-corrected chi connectivity index (χ0v) is 86.6. The molecule has 19 atom stereocenters. The number of ketones is 3. The molecular formula is C84H140ClI6N4O14P3+2. The first-order valence-corrected chi connectivity index (χ1v) is 65.1. The van der Waals surface area contributed by atoms with Gasteiger partial charge in [0.05, 0.1) is 43.3 Å². The van der Waals surface area contributed by atoms with E-state index in [4.69, 9.17) is 28.1 Å². The number of nitrogens with one attached hydrogen (secondary N) is 1. The molecule has 9 saturated carbocycles. The van der Waals surface area contributed by atoms with Gasteiger partial charge in [-0.05, 0) is 270 Å². The number of fused-ring (bicyclic) bond motifs is 15. The van der Waals surface area contributed by atoms with E-state index in [-0.39, 0.29) is 74.0 Å². The Balaban J connectivity index is 0.000000251. The Kier molecular flexibility index (Phi) is 44.9. The van der Waals surface area contributed by atoms with Crippen molar-refractivity contribution in [2.75, 3.05) is 88.3 Å². The average molecular weight is 2320 g/mol. The number of aliphatic hydroxyl groups is 1. The SMILES string of the molecule is C=C=N.CCN(CC)CC.CN(C)C.C[C@]12CC[C@H](O)CC1=CCC1C2CC[C@]2(C)C(=O)CCCC12.C[C@]12CC[C@H](OP3(=O)OCCO3)CC1=CCC1C2CC[C@]2(C)C(=O)CCCC12.C[C@]12CC[C@H](O[P+](=O)O[N+](C)(C)C)CC1=CCC1C2CC[C@]2(C)C(=O)CCCC12.I.II.I[I-]I.O=P1([ClH+])OCCO1.c1ccccc1. The van der Waals surface area contributed by atoms with Crippen molar-refractivity contribution in [1.29, 1.82) is 5.41 Å². The standard InChI is InChI=1S/C23H38NO4P.C22H33O5P.C20H30O2.C6H15N.C6H6.C3H9N.C2H5ClO3P.C2H3N.I3.I2.HI/c1-22-13-11-17(27-29(26)28-24(3,4)5)15-16(22)9-10-18-19-7-6-8-21(25)23(19,2)14-12-20(18)22;1-21-10-8-16(27-28(24)25-12-13-26-28)14-15(21)6-7-17-18-4-3-5-20(23)22(18,2)11-9-19(17)21;1-19-10-8-14(21)12-13(19)6-7-15-16-4-3-5-18(22)20(16,2)11-9-17(15)19;1-4-7(5-2)6-3;1-2-4-6-5-3-1;1-4(2)3;3-7(4)5-1-2-6-7;1-2-3;1-3-2;1-2;/h9,17-20H,6-8,10-15H2,1-5H3;6,16-19H,3-5,7-14H2,1-2H3;6,14-17,21H,3-5,7-12H2,1-2H3;4-6H2,1-3H3;1-6H;1-3H3;3H,1-2H2;3H,1H2;;;1H/q+2;;;;;;+1;;-1;;/t17-,18?,19?,20?,22-,23-;16-,17?,18?,19?,21-,22-;14-,15?,16?,17?,19-,20-;;;;;;;;/m000......../s1. The molecule has 28 heteroatoms. The normalized spacial score (nSPS) is 36.6. The van der Waals surface area contributed by atoms with Crippen molar-refractivity contribution in [2.24, 2.45) is 85.8 Å². The Labute approximate surface area is 751 Å². The molecule has 0 bridgehead atoms. The van der Waals surface area contributed by atoms with Crippen LogP contribution < -0.4 is 13.3 Å². The van der Waals surface area contributed by atoms with E-state index in [2.05, 4.69) is 187 Å². The quantitative estimate of drug-likeness (QED) is 0.0587. The number of nitrogens with zero attached hydrogens (tertiary/aromatic N) is 3. The van der Waals surface area contributed by atoms with Crippen LogP contribution in [0.15, 0.2) is 77.9 Å². The van der Waals surface area contributed by atoms with Gasteiger partial charge in [0, 0.05) is 83.7 Å². The first-order chi connectivity index (χ1) is 52.4. The minimum Gasteiger partial charge on any atom is -0.259 e. The maximum Gasteiger partial charge on any atom is 0.614 e. The van der Waals surface area contributed by atoms with Crippen LogP contribution in [-0.2, 0) is 59.8 Å². The smallest absolute Gasteiger partial charge is 0.259 e. The third-order valence-corrected chi connectivity index (χ3v) is 32.3. The summed E-state index contributed by atoms with van der Waals surface area (Å²) in [6.07, 6.45) is 35.2. The first-order valence-electron chi connectivity index (χ1n) is 41.2. The van der Waals surface area contributed by atoms with Gasteiger partial charge in [-0.3, -0.25) is 42.4 Å². The van der Waals surface area contributed by atoms with Gasteiger partial charge in [-0.1, -0.05) is 134 Å². The Morgan fingerprint density at radius 1 is 0.571 bits per heavy atom. The number of hydrogen-bond donors (Lipinski definition) is 2. The molecule has 0 amide bonds. The van der Waals surface area contributed by atoms with Crippen molar-refractivity contribution >= 4 is 145 Å². The zero-order valence-electron chi connectivity index (χ0n) is 70.0. The zero-order chi connectivity index (χ0) is 82.4. The van der Waals surface area contributed by atoms with E-state index in [0.29, 0.717) is 110 Å². The van der Waals surface area contributed by atoms with E-state index in [1.54, 1.807) is 5.87 Å². The Bertz CT molecular complexity index is 3340. The molecule has 642 valence electrons. The monoisotopic (exact) mass is 2320 g/mol. The molecule has 112 heavy (non-hydrogen) atoms. The van der Waals surface area contributed by atoms with E-state index in [0.717, 1.165) is 147 Å². The van der Waals surface area contributed by atoms with Gasteiger partial charge >= 0.3 is 73.5 Å². The second-order valence-electron chi connectivity index (χ2n) is 35.7. The van der Waals surface area contributed by atoms with E-state index >= 15 is 0 Å². The summed E-state index contributed by atoms with van der Waals surface area (Å²) in [6.45, 7) is 25.6. The van der Waals surface area contributed by atoms with Crippen molar-refractivity contribution in [3.63, 3.8) is 0 Å². The van der Waals surface area contributed by atoms with Gasteiger partial charge in [0.2, 0.25) is 11.2 Å². The summed E-state index contributed by atoms with van der Waals surface area (Å²) in [6, 6.07) is 12.0. The summed E-state index contributed by atoms with van der Waals surface area (Å²) < 4.78 is 71.8. The molecule has 14 aliphatic rings. The van der Waals surface area contributed by atoms with E-state index in [1.165, 1.54) is 68.5 Å². The summed E-state index contributed by atoms with van der Waals surface area (Å²) in [5.41, 5.74) is 4.99. The third-order valence-electron chi connectivity index (χ3n) is 28.0. The number of allylic oxidation sites excluding steroid dienone is 3. The Hall–Kier alpha value is 1.69. The molecule has 2 heterocycles. The minimum atomic E-state index is -3.34. The van der Waals surface area contributed by atoms with Gasteiger partial charge in [-0.2, -0.15) is 4.57 Å². The number of aliphatic hydroxyl groups excluding tert-OH is 1. The molecule has 15 rings (SSSR count). The molecule has 0 aromatic heterocycles. The van der Waals surface area contributed by atoms with Crippen LogP contribution in [-0.4, -0.2) is 149 Å². The number of benzene rings is 1. The summed E-state index contributed by atoms with van der Waals surface area (Å²) in [4.78, 5) is 42.5. The van der Waals surface area contributed by atoms with Crippen LogP contribution in [0.2, 0.25) is 0 Å². The fourth-order valence-electron chi connectivity index (χ4n) is 22.3. The van der Waals surface area contributed by atoms with Gasteiger partial charge in [-0.25, -0.2) is 4.57 Å². The largest absolute Gasteiger partial charge is 0.614 e. The number of quaternary nitrogens is 1. The Morgan fingerprint density at radius 3 is 1.18 bits per heavy atom. The molecule has 2 saturated heterocycles. The number of hydrogen-bond acceptors (Lipinski definition) is 17. The van der Waals surface area contributed by atoms with Crippen molar-refractivity contribution < 1.29 is 94.1 Å². The molecule has 0 radical (unpaired) electrons. The second kappa shape index (κ2) is 48.3. The predicted octanol–water partition coefficient (Wildman–Crippen LogP) is 20.5. The molecule has 2 N–H and O–H groups in total. The summed E-state index contributed by atoms with van der Waals surface area (Å²) in [5, 5.41) is 15.9. The predicted molar refractivity (Wildman–Crippen MR) is 491 cm³/mol.